The number of nitrogens with two attached hydrogens (primary N) is 1. The van der Waals surface area contributed by atoms with Gasteiger partial charge in [0.2, 0.25) is 6.41 Å². The van der Waals surface area contributed by atoms with Crippen LogP contribution >= 0.6 is 0 Å². The number of pyridine rings is 1. The fourth-order valence-corrected chi connectivity index (χ4v) is 6.11. The molecule has 50 heavy (non-hydrogen) atoms. The SMILES string of the molecule is C=C.CC(C)[C@@H](C=O)NC(=O)O.CC[C@@H]1CCN(C)[C@@H]1C.COc1ccc2c(F)c(C(F)(F)CCCCC3CCCC3)c(=O)[nH]c2c1.NC=O. The Morgan fingerprint density at radius 2 is 1.80 bits per heavy atom. The molecule has 2 heterocycles. The Kier molecular flexibility index (Phi) is 22.4. The summed E-state index contributed by atoms with van der Waals surface area (Å²) in [4.78, 5) is 45.7. The molecule has 1 aliphatic carbocycles. The Balaban J connectivity index is 0.000000821. The summed E-state index contributed by atoms with van der Waals surface area (Å²) < 4.78 is 48.8. The maximum Gasteiger partial charge on any atom is 0.405 e. The normalized spacial score (nSPS) is 17.8. The number of ether oxygens (including phenoxy) is 1. The first-order valence-electron chi connectivity index (χ1n) is 17.2. The molecule has 1 saturated heterocycles. The highest BCUT2D eigenvalue weighted by atomic mass is 19.3. The van der Waals surface area contributed by atoms with E-state index in [-0.39, 0.29) is 29.7 Å². The number of halogens is 3. The third-order valence-electron chi connectivity index (χ3n) is 9.26. The number of carboxylic acid groups (broad SMARTS) is 1. The van der Waals surface area contributed by atoms with Crippen molar-refractivity contribution in [1.82, 2.24) is 15.2 Å². The largest absolute Gasteiger partial charge is 0.497 e. The second-order valence-electron chi connectivity index (χ2n) is 12.8. The number of amides is 2. The molecule has 2 aromatic rings. The Labute approximate surface area is 295 Å². The van der Waals surface area contributed by atoms with Gasteiger partial charge in [-0.2, -0.15) is 0 Å². The van der Waals surface area contributed by atoms with Gasteiger partial charge in [-0.3, -0.25) is 9.59 Å². The van der Waals surface area contributed by atoms with Crippen molar-refractivity contribution in [3.63, 3.8) is 0 Å². The van der Waals surface area contributed by atoms with Crippen LogP contribution in [0.3, 0.4) is 0 Å². The number of rotatable bonds is 11. The van der Waals surface area contributed by atoms with Crippen LogP contribution in [0, 0.1) is 23.6 Å². The number of alkyl halides is 2. The number of primary amides is 1. The average Bonchev–Trinajstić information content (AvgIpc) is 3.72. The van der Waals surface area contributed by atoms with E-state index in [9.17, 15) is 27.6 Å². The number of aromatic nitrogens is 1. The van der Waals surface area contributed by atoms with E-state index in [1.807, 2.05) is 0 Å². The topological polar surface area (TPSA) is 155 Å². The monoisotopic (exact) mass is 712 g/mol. The summed E-state index contributed by atoms with van der Waals surface area (Å²) in [7, 11) is 3.66. The first-order valence-corrected chi connectivity index (χ1v) is 17.2. The quantitative estimate of drug-likeness (QED) is 0.106. The van der Waals surface area contributed by atoms with Crippen LogP contribution < -0.4 is 21.3 Å². The standard InChI is InChI=1S/C20H24F3NO2.C8H17N.C6H11NO3.C2H4.CH3NO/c1-26-14-9-10-15-16(12-14)24-19(25)17(18(15)21)20(22,23)11-5-4-8-13-6-2-3-7-13;1-4-8-5-6-9(3)7(8)2;1-4(2)5(3-8)7-6(9)10;1-2;2-1-3/h9-10,12-13H,2-8,11H2,1H3,(H,24,25);7-8H,4-6H2,1-3H3;3-5,7H,1-2H3,(H,9,10);1-2H2;1H,(H2,2,3)/t;7-,8-;5-;;/m.11../s1. The zero-order chi connectivity index (χ0) is 38.4. The highest BCUT2D eigenvalue weighted by Gasteiger charge is 2.38. The van der Waals surface area contributed by atoms with E-state index in [0.29, 0.717) is 24.4 Å². The highest BCUT2D eigenvalue weighted by Crippen LogP contribution is 2.36. The van der Waals surface area contributed by atoms with Crippen molar-refractivity contribution < 1.29 is 37.4 Å². The van der Waals surface area contributed by atoms with Crippen molar-refractivity contribution in [2.75, 3.05) is 20.7 Å². The molecule has 1 aliphatic heterocycles. The van der Waals surface area contributed by atoms with Gasteiger partial charge < -0.3 is 35.6 Å². The van der Waals surface area contributed by atoms with Crippen LogP contribution in [0.25, 0.3) is 10.9 Å². The zero-order valence-corrected chi connectivity index (χ0v) is 30.6. The van der Waals surface area contributed by atoms with Crippen molar-refractivity contribution in [3.05, 3.63) is 53.1 Å². The molecule has 1 saturated carbocycles. The fraction of sp³-hybridized carbons (Fsp3) is 0.622. The predicted octanol–water partition coefficient (Wildman–Crippen LogP) is 7.64. The number of methoxy groups -OCH3 is 1. The van der Waals surface area contributed by atoms with Crippen LogP contribution in [-0.2, 0) is 15.5 Å². The lowest BCUT2D eigenvalue weighted by atomic mass is 9.96. The van der Waals surface area contributed by atoms with Gasteiger partial charge in [-0.25, -0.2) is 18.0 Å². The first kappa shape index (κ1) is 46.1. The number of carbonyl (C=O) groups excluding carboxylic acids is 2. The van der Waals surface area contributed by atoms with Gasteiger partial charge in [0.1, 0.15) is 23.4 Å². The number of nitrogens with zero attached hydrogens (tertiary/aromatic N) is 1. The Hall–Kier alpha value is -3.87. The second kappa shape index (κ2) is 24.3. The molecule has 1 aromatic carbocycles. The van der Waals surface area contributed by atoms with Crippen LogP contribution in [0.1, 0.15) is 97.5 Å². The van der Waals surface area contributed by atoms with E-state index in [4.69, 9.17) is 14.6 Å². The molecule has 0 unspecified atom stereocenters. The van der Waals surface area contributed by atoms with Gasteiger partial charge in [0.05, 0.1) is 18.7 Å². The maximum atomic E-state index is 14.7. The minimum atomic E-state index is -3.48. The Morgan fingerprint density at radius 3 is 2.22 bits per heavy atom. The van der Waals surface area contributed by atoms with Gasteiger partial charge >= 0.3 is 6.09 Å². The number of unbranched alkanes of at least 4 members (excludes halogenated alkanes) is 1. The van der Waals surface area contributed by atoms with E-state index in [0.717, 1.165) is 18.4 Å². The summed E-state index contributed by atoms with van der Waals surface area (Å²) in [6.07, 6.45) is 8.65. The van der Waals surface area contributed by atoms with E-state index >= 15 is 0 Å². The van der Waals surface area contributed by atoms with Gasteiger partial charge in [-0.1, -0.05) is 65.7 Å². The number of H-pyrrole nitrogens is 1. The summed E-state index contributed by atoms with van der Waals surface area (Å²) in [5.41, 5.74) is 2.17. The summed E-state index contributed by atoms with van der Waals surface area (Å²) in [6, 6.07) is 4.49. The fourth-order valence-electron chi connectivity index (χ4n) is 6.11. The zero-order valence-electron chi connectivity index (χ0n) is 30.6. The highest BCUT2D eigenvalue weighted by molar-refractivity contribution is 5.81. The third kappa shape index (κ3) is 15.3. The number of likely N-dealkylation sites (tertiary alicyclic amines) is 1. The van der Waals surface area contributed by atoms with Crippen LogP contribution in [0.5, 0.6) is 5.75 Å². The predicted molar refractivity (Wildman–Crippen MR) is 193 cm³/mol. The van der Waals surface area contributed by atoms with Gasteiger partial charge in [-0.05, 0) is 63.2 Å². The molecule has 284 valence electrons. The van der Waals surface area contributed by atoms with Gasteiger partial charge in [0, 0.05) is 23.9 Å². The molecule has 1 aromatic heterocycles. The lowest BCUT2D eigenvalue weighted by Gasteiger charge is -2.18. The number of aromatic amines is 1. The van der Waals surface area contributed by atoms with Crippen molar-refractivity contribution in [3.8, 4) is 5.75 Å². The second-order valence-corrected chi connectivity index (χ2v) is 12.8. The minimum absolute atomic E-state index is 0.00796. The molecule has 3 atom stereocenters. The Morgan fingerprint density at radius 1 is 1.20 bits per heavy atom. The molecule has 2 fully saturated rings. The van der Waals surface area contributed by atoms with Crippen molar-refractivity contribution in [1.29, 1.82) is 0 Å². The first-order chi connectivity index (χ1) is 23.7. The van der Waals surface area contributed by atoms with E-state index in [1.165, 1.54) is 70.4 Å². The number of nitrogens with one attached hydrogen (secondary N) is 2. The van der Waals surface area contributed by atoms with Crippen LogP contribution in [0.2, 0.25) is 0 Å². The molecule has 13 heteroatoms. The lowest BCUT2D eigenvalue weighted by molar-refractivity contribution is -0.110. The number of hydrogen-bond acceptors (Lipinski definition) is 6. The maximum absolute atomic E-state index is 14.7. The molecular weight excluding hydrogens is 653 g/mol. The van der Waals surface area contributed by atoms with Crippen LogP contribution in [-0.4, -0.2) is 66.6 Å². The summed E-state index contributed by atoms with van der Waals surface area (Å²) in [5, 5.41) is 10.2. The summed E-state index contributed by atoms with van der Waals surface area (Å²) >= 11 is 0. The molecule has 10 nitrogen and oxygen atoms in total. The number of fused-ring (bicyclic) bond motifs is 1. The van der Waals surface area contributed by atoms with Crippen LogP contribution in [0.4, 0.5) is 18.0 Å². The summed E-state index contributed by atoms with van der Waals surface area (Å²) in [6.45, 7) is 15.5. The average molecular weight is 713 g/mol. The Bertz CT molecular complexity index is 1350. The molecule has 0 spiro atoms. The van der Waals surface area contributed by atoms with Crippen molar-refractivity contribution >= 4 is 29.7 Å². The van der Waals surface area contributed by atoms with Crippen LogP contribution in [0.15, 0.2) is 36.2 Å². The lowest BCUT2D eigenvalue weighted by Crippen LogP contribution is -2.38. The molecule has 0 bridgehead atoms. The number of aldehydes is 1. The van der Waals surface area contributed by atoms with Gasteiger partial charge in [-0.15, -0.1) is 13.2 Å². The number of hydrogen-bond donors (Lipinski definition) is 4. The van der Waals surface area contributed by atoms with Gasteiger partial charge in [0.15, 0.2) is 0 Å². The van der Waals surface area contributed by atoms with E-state index in [1.54, 1.807) is 13.8 Å². The van der Waals surface area contributed by atoms with E-state index < -0.39 is 41.4 Å². The molecule has 2 aliphatic rings. The smallest absolute Gasteiger partial charge is 0.405 e. The van der Waals surface area contributed by atoms with Crippen molar-refractivity contribution in [2.45, 2.75) is 110 Å². The van der Waals surface area contributed by atoms with E-state index in [2.05, 4.69) is 55.0 Å². The molecule has 4 rings (SSSR count). The number of benzene rings is 1. The minimum Gasteiger partial charge on any atom is -0.497 e. The van der Waals surface area contributed by atoms with Crippen molar-refractivity contribution in [2.24, 2.45) is 23.5 Å². The third-order valence-corrected chi connectivity index (χ3v) is 9.26. The molecule has 2 amide bonds. The number of carbonyl (C=O) groups is 3. The molecular formula is C37H59F3N4O6. The molecule has 0 radical (unpaired) electrons. The summed E-state index contributed by atoms with van der Waals surface area (Å²) in [5.74, 6) is -2.60. The molecule has 5 N–H and O–H groups in total. The van der Waals surface area contributed by atoms with Gasteiger partial charge in [0.25, 0.3) is 11.5 Å².